The Hall–Kier alpha value is -1.59. The molecule has 1 saturated heterocycles. The largest absolute Gasteiger partial charge is 0.396 e. The van der Waals surface area contributed by atoms with Gasteiger partial charge >= 0.3 is 6.03 Å². The summed E-state index contributed by atoms with van der Waals surface area (Å²) in [5.74, 6) is 0.333. The third kappa shape index (κ3) is 4.44. The maximum absolute atomic E-state index is 12.3. The van der Waals surface area contributed by atoms with Crippen molar-refractivity contribution < 1.29 is 14.6 Å². The van der Waals surface area contributed by atoms with E-state index < -0.39 is 0 Å². The van der Waals surface area contributed by atoms with Crippen molar-refractivity contribution in [2.75, 3.05) is 31.6 Å². The average Bonchev–Trinajstić information content (AvgIpc) is 2.54. The summed E-state index contributed by atoms with van der Waals surface area (Å²) in [5, 5.41) is 12.1. The lowest BCUT2D eigenvalue weighted by atomic mass is 9.98. The Morgan fingerprint density at radius 3 is 2.76 bits per heavy atom. The third-order valence-electron chi connectivity index (χ3n) is 3.88. The third-order valence-corrected chi connectivity index (χ3v) is 3.88. The molecule has 1 aliphatic heterocycles. The van der Waals surface area contributed by atoms with Gasteiger partial charge in [-0.2, -0.15) is 0 Å². The highest BCUT2D eigenvalue weighted by molar-refractivity contribution is 5.90. The maximum atomic E-state index is 12.3. The van der Waals surface area contributed by atoms with Crippen LogP contribution in [0.15, 0.2) is 24.3 Å². The van der Waals surface area contributed by atoms with Crippen molar-refractivity contribution >= 4 is 11.7 Å². The van der Waals surface area contributed by atoms with E-state index >= 15 is 0 Å². The van der Waals surface area contributed by atoms with Gasteiger partial charge in [-0.25, -0.2) is 4.79 Å². The Morgan fingerprint density at radius 2 is 2.10 bits per heavy atom. The molecule has 0 aromatic heterocycles. The summed E-state index contributed by atoms with van der Waals surface area (Å²) in [4.78, 5) is 14.1. The number of aliphatic hydroxyl groups is 1. The number of aliphatic hydroxyl groups excluding tert-OH is 1. The summed E-state index contributed by atoms with van der Waals surface area (Å²) >= 11 is 0. The molecule has 0 saturated carbocycles. The molecule has 2 amide bonds. The number of ether oxygens (including phenoxy) is 1. The van der Waals surface area contributed by atoms with E-state index in [9.17, 15) is 4.79 Å². The van der Waals surface area contributed by atoms with Crippen LogP contribution in [0, 0.1) is 5.92 Å². The van der Waals surface area contributed by atoms with Crippen molar-refractivity contribution in [1.82, 2.24) is 4.90 Å². The van der Waals surface area contributed by atoms with E-state index in [0.717, 1.165) is 24.1 Å². The lowest BCUT2D eigenvalue weighted by molar-refractivity contribution is 0.134. The minimum atomic E-state index is -0.0738. The van der Waals surface area contributed by atoms with Crippen molar-refractivity contribution in [3.8, 4) is 0 Å². The smallest absolute Gasteiger partial charge is 0.321 e. The van der Waals surface area contributed by atoms with Crippen molar-refractivity contribution in [1.29, 1.82) is 0 Å². The highest BCUT2D eigenvalue weighted by Crippen LogP contribution is 2.20. The number of rotatable bonds is 5. The number of para-hydroxylation sites is 1. The predicted octanol–water partition coefficient (Wildman–Crippen LogP) is 2.46. The van der Waals surface area contributed by atoms with E-state index in [4.69, 9.17) is 9.84 Å². The number of carbonyl (C=O) groups excluding carboxylic acids is 1. The van der Waals surface area contributed by atoms with Gasteiger partial charge in [0.2, 0.25) is 0 Å². The summed E-state index contributed by atoms with van der Waals surface area (Å²) < 4.78 is 5.42. The second-order valence-electron chi connectivity index (χ2n) is 5.34. The van der Waals surface area contributed by atoms with Gasteiger partial charge in [0.1, 0.15) is 0 Å². The molecule has 0 bridgehead atoms. The van der Waals surface area contributed by atoms with E-state index in [1.54, 1.807) is 0 Å². The van der Waals surface area contributed by atoms with E-state index in [1.807, 2.05) is 36.1 Å². The molecule has 5 nitrogen and oxygen atoms in total. The van der Waals surface area contributed by atoms with Crippen LogP contribution in [0.4, 0.5) is 10.5 Å². The van der Waals surface area contributed by atoms with E-state index in [1.165, 1.54) is 0 Å². The standard InChI is InChI=1S/C16H24N2O3/c1-2-21-12-14-5-3-4-6-15(14)17-16(20)18-9-7-13(11-19)8-10-18/h3-6,13,19H,2,7-12H2,1H3,(H,17,20). The molecule has 0 unspecified atom stereocenters. The number of piperidine rings is 1. The molecule has 0 spiro atoms. The summed E-state index contributed by atoms with van der Waals surface area (Å²) in [7, 11) is 0. The van der Waals surface area contributed by atoms with Crippen molar-refractivity contribution in [2.45, 2.75) is 26.4 Å². The molecule has 0 aliphatic carbocycles. The number of anilines is 1. The summed E-state index contributed by atoms with van der Waals surface area (Å²) in [6.07, 6.45) is 1.73. The van der Waals surface area contributed by atoms with Gasteiger partial charge in [-0.15, -0.1) is 0 Å². The topological polar surface area (TPSA) is 61.8 Å². The maximum Gasteiger partial charge on any atom is 0.321 e. The molecular formula is C16H24N2O3. The molecule has 0 radical (unpaired) electrons. The Labute approximate surface area is 125 Å². The fraction of sp³-hybridized carbons (Fsp3) is 0.562. The number of amides is 2. The number of likely N-dealkylation sites (tertiary alicyclic amines) is 1. The number of carbonyl (C=O) groups is 1. The number of hydrogen-bond acceptors (Lipinski definition) is 3. The van der Waals surface area contributed by atoms with Gasteiger partial charge in [0.25, 0.3) is 0 Å². The number of benzene rings is 1. The number of hydrogen-bond donors (Lipinski definition) is 2. The second kappa shape index (κ2) is 8.00. The van der Waals surface area contributed by atoms with Crippen LogP contribution in [0.3, 0.4) is 0 Å². The summed E-state index contributed by atoms with van der Waals surface area (Å²) in [5.41, 5.74) is 1.79. The fourth-order valence-corrected chi connectivity index (χ4v) is 2.49. The van der Waals surface area contributed by atoms with Gasteiger partial charge in [0.05, 0.1) is 6.61 Å². The van der Waals surface area contributed by atoms with Gasteiger partial charge in [0.15, 0.2) is 0 Å². The number of nitrogens with one attached hydrogen (secondary N) is 1. The summed E-state index contributed by atoms with van der Waals surface area (Å²) in [6, 6.07) is 7.63. The summed E-state index contributed by atoms with van der Waals surface area (Å²) in [6.45, 7) is 4.71. The molecule has 5 heteroatoms. The molecule has 1 aromatic carbocycles. The zero-order chi connectivity index (χ0) is 15.1. The van der Waals surface area contributed by atoms with Crippen LogP contribution in [0.2, 0.25) is 0 Å². The van der Waals surface area contributed by atoms with Crippen molar-refractivity contribution in [3.05, 3.63) is 29.8 Å². The molecule has 2 rings (SSSR count). The Morgan fingerprint density at radius 1 is 1.38 bits per heavy atom. The first-order valence-electron chi connectivity index (χ1n) is 7.57. The zero-order valence-corrected chi connectivity index (χ0v) is 12.5. The zero-order valence-electron chi connectivity index (χ0n) is 12.5. The van der Waals surface area contributed by atoms with Crippen LogP contribution < -0.4 is 5.32 Å². The first-order valence-corrected chi connectivity index (χ1v) is 7.57. The highest BCUT2D eigenvalue weighted by atomic mass is 16.5. The second-order valence-corrected chi connectivity index (χ2v) is 5.34. The average molecular weight is 292 g/mol. The molecule has 1 aromatic rings. The molecule has 2 N–H and O–H groups in total. The van der Waals surface area contributed by atoms with Gasteiger partial charge in [-0.05, 0) is 31.7 Å². The minimum Gasteiger partial charge on any atom is -0.396 e. The number of urea groups is 1. The van der Waals surface area contributed by atoms with Gasteiger partial charge in [0, 0.05) is 37.6 Å². The molecule has 1 heterocycles. The quantitative estimate of drug-likeness (QED) is 0.876. The number of nitrogens with zero attached hydrogens (tertiary/aromatic N) is 1. The van der Waals surface area contributed by atoms with Crippen LogP contribution in [-0.4, -0.2) is 42.3 Å². The molecule has 1 aliphatic rings. The van der Waals surface area contributed by atoms with E-state index in [0.29, 0.717) is 32.2 Å². The van der Waals surface area contributed by atoms with Crippen LogP contribution >= 0.6 is 0 Å². The first kappa shape index (κ1) is 15.8. The predicted molar refractivity (Wildman–Crippen MR) is 82.2 cm³/mol. The molecular weight excluding hydrogens is 268 g/mol. The SMILES string of the molecule is CCOCc1ccccc1NC(=O)N1CCC(CO)CC1. The first-order chi connectivity index (χ1) is 10.2. The van der Waals surface area contributed by atoms with Crippen LogP contribution in [-0.2, 0) is 11.3 Å². The molecule has 116 valence electrons. The van der Waals surface area contributed by atoms with Crippen LogP contribution in [0.25, 0.3) is 0 Å². The normalized spacial score (nSPS) is 16.0. The van der Waals surface area contributed by atoms with Crippen molar-refractivity contribution in [2.24, 2.45) is 5.92 Å². The van der Waals surface area contributed by atoms with Crippen molar-refractivity contribution in [3.63, 3.8) is 0 Å². The van der Waals surface area contributed by atoms with Gasteiger partial charge in [-0.3, -0.25) is 0 Å². The molecule has 1 fully saturated rings. The van der Waals surface area contributed by atoms with Gasteiger partial charge in [-0.1, -0.05) is 18.2 Å². The lowest BCUT2D eigenvalue weighted by Crippen LogP contribution is -2.41. The molecule has 21 heavy (non-hydrogen) atoms. The molecule has 0 atom stereocenters. The van der Waals surface area contributed by atoms with Gasteiger partial charge < -0.3 is 20.1 Å². The van der Waals surface area contributed by atoms with Crippen LogP contribution in [0.5, 0.6) is 0 Å². The monoisotopic (exact) mass is 292 g/mol. The minimum absolute atomic E-state index is 0.0738. The Bertz CT molecular complexity index is 457. The van der Waals surface area contributed by atoms with E-state index in [-0.39, 0.29) is 12.6 Å². The highest BCUT2D eigenvalue weighted by Gasteiger charge is 2.22. The van der Waals surface area contributed by atoms with E-state index in [2.05, 4.69) is 5.32 Å². The Balaban J connectivity index is 1.93. The lowest BCUT2D eigenvalue weighted by Gasteiger charge is -2.31. The Kier molecular flexibility index (Phi) is 6.02. The van der Waals surface area contributed by atoms with Crippen LogP contribution in [0.1, 0.15) is 25.3 Å². The fourth-order valence-electron chi connectivity index (χ4n) is 2.49.